The number of hydrogen-bond donors (Lipinski definition) is 4. The first-order valence-electron chi connectivity index (χ1n) is 15.9. The van der Waals surface area contributed by atoms with Crippen LogP contribution in [0.5, 0.6) is 5.75 Å². The maximum absolute atomic E-state index is 12.6. The molecule has 0 aromatic heterocycles. The fraction of sp³-hybridized carbons (Fsp3) is 0.562. The second-order valence-corrected chi connectivity index (χ2v) is 9.94. The van der Waals surface area contributed by atoms with Crippen molar-refractivity contribution in [3.8, 4) is 16.9 Å². The normalized spacial score (nSPS) is 11.0. The average Bonchev–Trinajstić information content (AvgIpc) is 3.07. The molecular weight excluding hydrogens is 632 g/mol. The molecule has 2 rings (SSSR count). The molecule has 16 heteroatoms. The molecule has 0 atom stereocenters. The Morgan fingerprint density at radius 1 is 0.729 bits per heavy atom. The molecule has 0 aliphatic heterocycles. The molecule has 2 aromatic carbocycles. The van der Waals surface area contributed by atoms with Gasteiger partial charge < -0.3 is 54.2 Å². The number of para-hydroxylation sites is 1. The van der Waals surface area contributed by atoms with E-state index >= 15 is 0 Å². The number of carboxylic acid groups (broad SMARTS) is 1. The van der Waals surface area contributed by atoms with Gasteiger partial charge in [-0.05, 0) is 32.0 Å². The zero-order valence-corrected chi connectivity index (χ0v) is 27.4. The Hall–Kier alpha value is -3.74. The van der Waals surface area contributed by atoms with Crippen LogP contribution in [0.25, 0.3) is 11.1 Å². The Balaban J connectivity index is 1.47. The molecule has 16 nitrogen and oxygen atoms in total. The van der Waals surface area contributed by atoms with Crippen molar-refractivity contribution in [3.05, 3.63) is 52.6 Å². The summed E-state index contributed by atoms with van der Waals surface area (Å²) in [5.41, 5.74) is 0.635. The number of carbonyl (C=O) groups excluding carboxylic acids is 1. The van der Waals surface area contributed by atoms with E-state index in [1.807, 2.05) is 6.92 Å². The number of ether oxygens (including phenoxy) is 7. The summed E-state index contributed by atoms with van der Waals surface area (Å²) in [7, 11) is 0. The number of nitrogens with one attached hydrogen (secondary N) is 3. The van der Waals surface area contributed by atoms with Crippen LogP contribution in [0, 0.1) is 10.1 Å². The molecule has 4 N–H and O–H groups in total. The van der Waals surface area contributed by atoms with Crippen LogP contribution < -0.4 is 20.7 Å². The largest absolute Gasteiger partial charge is 0.511 e. The lowest BCUT2D eigenvalue weighted by molar-refractivity contribution is -0.384. The van der Waals surface area contributed by atoms with E-state index in [0.717, 1.165) is 19.0 Å². The number of amides is 1. The van der Waals surface area contributed by atoms with E-state index in [1.165, 1.54) is 12.1 Å². The summed E-state index contributed by atoms with van der Waals surface area (Å²) in [5, 5.41) is 29.5. The zero-order valence-electron chi connectivity index (χ0n) is 27.4. The quantitative estimate of drug-likeness (QED) is 0.0322. The maximum atomic E-state index is 12.6. The van der Waals surface area contributed by atoms with Gasteiger partial charge in [-0.3, -0.25) is 14.9 Å². The average molecular weight is 681 g/mol. The number of non-ortho nitro benzene ring substituents is 1. The van der Waals surface area contributed by atoms with Gasteiger partial charge in [0.15, 0.2) is 0 Å². The highest BCUT2D eigenvalue weighted by molar-refractivity contribution is 5.97. The Morgan fingerprint density at radius 2 is 1.29 bits per heavy atom. The Morgan fingerprint density at radius 3 is 1.88 bits per heavy atom. The second kappa shape index (κ2) is 26.2. The van der Waals surface area contributed by atoms with Gasteiger partial charge in [0.2, 0.25) is 5.91 Å². The fourth-order valence-electron chi connectivity index (χ4n) is 4.09. The van der Waals surface area contributed by atoms with Gasteiger partial charge in [-0.15, -0.1) is 0 Å². The van der Waals surface area contributed by atoms with Crippen molar-refractivity contribution in [1.82, 2.24) is 10.6 Å². The third kappa shape index (κ3) is 18.6. The summed E-state index contributed by atoms with van der Waals surface area (Å²) in [6.45, 7) is 10.4. The molecule has 0 radical (unpaired) electrons. The van der Waals surface area contributed by atoms with Crippen LogP contribution >= 0.6 is 0 Å². The highest BCUT2D eigenvalue weighted by atomic mass is 16.7. The Bertz CT molecular complexity index is 1200. The maximum Gasteiger partial charge on any atom is 0.511 e. The molecule has 0 saturated carbocycles. The number of carbonyl (C=O) groups is 2. The number of hydrogen-bond acceptors (Lipinski definition) is 13. The topological polar surface area (TPSA) is 198 Å². The van der Waals surface area contributed by atoms with Gasteiger partial charge >= 0.3 is 6.16 Å². The fourth-order valence-corrected chi connectivity index (χ4v) is 4.09. The van der Waals surface area contributed by atoms with Crippen LogP contribution in [0.1, 0.15) is 13.3 Å². The van der Waals surface area contributed by atoms with E-state index in [9.17, 15) is 19.7 Å². The monoisotopic (exact) mass is 680 g/mol. The standard InChI is InChI=1S/C32H48N4O12/c1-2-42-14-15-44-18-19-46-22-23-47-21-20-45-17-16-43-13-5-10-33-11-12-34-25-31(37)35-29-7-4-3-6-27(29)28-24-26(36(40)41)8-9-30(28)48-32(38)39/h3-4,6-9,24,33-34H,2,5,10-23,25H2,1H3,(H,35,37)(H,38,39). The number of benzene rings is 2. The van der Waals surface area contributed by atoms with Crippen molar-refractivity contribution in [3.63, 3.8) is 0 Å². The molecule has 48 heavy (non-hydrogen) atoms. The van der Waals surface area contributed by atoms with Gasteiger partial charge in [0, 0.05) is 55.3 Å². The van der Waals surface area contributed by atoms with Crippen molar-refractivity contribution in [2.24, 2.45) is 0 Å². The van der Waals surface area contributed by atoms with Crippen LogP contribution in [0.4, 0.5) is 16.2 Å². The molecule has 0 unspecified atom stereocenters. The minimum Gasteiger partial charge on any atom is -0.449 e. The van der Waals surface area contributed by atoms with Gasteiger partial charge in [-0.1, -0.05) is 18.2 Å². The van der Waals surface area contributed by atoms with Crippen molar-refractivity contribution in [2.75, 3.05) is 111 Å². The Labute approximate surface area is 280 Å². The molecule has 0 spiro atoms. The third-order valence-electron chi connectivity index (χ3n) is 6.33. The van der Waals surface area contributed by atoms with E-state index in [0.29, 0.717) is 104 Å². The molecule has 0 bridgehead atoms. The van der Waals surface area contributed by atoms with E-state index in [2.05, 4.69) is 16.0 Å². The minimum absolute atomic E-state index is 0.0244. The molecule has 0 aliphatic rings. The first-order valence-corrected chi connectivity index (χ1v) is 15.9. The van der Waals surface area contributed by atoms with Crippen LogP contribution in [-0.4, -0.2) is 128 Å². The highest BCUT2D eigenvalue weighted by Crippen LogP contribution is 2.37. The molecule has 0 fully saturated rings. The van der Waals surface area contributed by atoms with E-state index < -0.39 is 11.1 Å². The lowest BCUT2D eigenvalue weighted by Crippen LogP contribution is -2.34. The lowest BCUT2D eigenvalue weighted by atomic mass is 10.0. The van der Waals surface area contributed by atoms with Crippen LogP contribution in [-0.2, 0) is 33.2 Å². The summed E-state index contributed by atoms with van der Waals surface area (Å²) in [6, 6.07) is 10.1. The predicted molar refractivity (Wildman–Crippen MR) is 177 cm³/mol. The third-order valence-corrected chi connectivity index (χ3v) is 6.33. The van der Waals surface area contributed by atoms with Gasteiger partial charge in [0.05, 0.1) is 77.5 Å². The van der Waals surface area contributed by atoms with E-state index in [1.54, 1.807) is 24.3 Å². The van der Waals surface area contributed by atoms with Crippen molar-refractivity contribution >= 4 is 23.4 Å². The molecule has 0 saturated heterocycles. The highest BCUT2D eigenvalue weighted by Gasteiger charge is 2.18. The molecule has 2 aromatic rings. The van der Waals surface area contributed by atoms with E-state index in [4.69, 9.17) is 38.3 Å². The van der Waals surface area contributed by atoms with Crippen molar-refractivity contribution < 1.29 is 52.8 Å². The molecule has 268 valence electrons. The SMILES string of the molecule is CCOCCOCCOCCOCCOCCOCCCNCCNCC(=O)Nc1ccccc1-c1cc([N+](=O)[O-])ccc1OC(=O)O. The summed E-state index contributed by atoms with van der Waals surface area (Å²) >= 11 is 0. The van der Waals surface area contributed by atoms with E-state index in [-0.39, 0.29) is 29.5 Å². The number of nitro groups is 1. The first-order chi connectivity index (χ1) is 23.4. The van der Waals surface area contributed by atoms with Crippen molar-refractivity contribution in [1.29, 1.82) is 0 Å². The summed E-state index contributed by atoms with van der Waals surface area (Å²) in [6.07, 6.45) is -0.742. The van der Waals surface area contributed by atoms with Crippen LogP contribution in [0.15, 0.2) is 42.5 Å². The van der Waals surface area contributed by atoms with Crippen LogP contribution in [0.2, 0.25) is 0 Å². The molecule has 1 amide bonds. The second-order valence-electron chi connectivity index (χ2n) is 9.94. The molecule has 0 aliphatic carbocycles. The summed E-state index contributed by atoms with van der Waals surface area (Å²) in [4.78, 5) is 34.4. The van der Waals surface area contributed by atoms with Crippen molar-refractivity contribution in [2.45, 2.75) is 13.3 Å². The number of anilines is 1. The summed E-state index contributed by atoms with van der Waals surface area (Å²) < 4.78 is 37.3. The van der Waals surface area contributed by atoms with Crippen LogP contribution in [0.3, 0.4) is 0 Å². The molecular formula is C32H48N4O12. The number of rotatable bonds is 29. The lowest BCUT2D eigenvalue weighted by Gasteiger charge is -2.14. The number of nitrogens with zero attached hydrogens (tertiary/aromatic N) is 1. The van der Waals surface area contributed by atoms with Gasteiger partial charge in [-0.2, -0.15) is 0 Å². The van der Waals surface area contributed by atoms with Gasteiger partial charge in [0.1, 0.15) is 5.75 Å². The molecule has 0 heterocycles. The van der Waals surface area contributed by atoms with Gasteiger partial charge in [0.25, 0.3) is 5.69 Å². The minimum atomic E-state index is -1.56. The summed E-state index contributed by atoms with van der Waals surface area (Å²) in [5.74, 6) is -0.431. The number of nitro benzene ring substituents is 1. The Kier molecular flexibility index (Phi) is 22.1. The predicted octanol–water partition coefficient (Wildman–Crippen LogP) is 2.95. The van der Waals surface area contributed by atoms with Gasteiger partial charge in [-0.25, -0.2) is 4.79 Å². The first kappa shape index (κ1) is 40.4. The zero-order chi connectivity index (χ0) is 34.7. The smallest absolute Gasteiger partial charge is 0.449 e.